The highest BCUT2D eigenvalue weighted by Crippen LogP contribution is 2.65. The maximum atomic E-state index is 5.26. The molecule has 2 aromatic heterocycles. The van der Waals surface area contributed by atoms with Crippen LogP contribution < -0.4 is 4.90 Å². The summed E-state index contributed by atoms with van der Waals surface area (Å²) in [5.41, 5.74) is 15.1. The molecule has 4 aliphatic rings. The molecule has 8 aromatic carbocycles. The largest absolute Gasteiger partial charge is 0.332 e. The molecule has 2 unspecified atom stereocenters. The Bertz CT molecular complexity index is 3490. The molecule has 60 heavy (non-hydrogen) atoms. The predicted octanol–water partition coefficient (Wildman–Crippen LogP) is 12.8. The first-order valence-corrected chi connectivity index (χ1v) is 20.7. The van der Waals surface area contributed by atoms with Crippen molar-refractivity contribution in [2.45, 2.75) is 11.5 Å². The minimum atomic E-state index is -0.506. The molecule has 0 radical (unpaired) electrons. The van der Waals surface area contributed by atoms with Gasteiger partial charge in [-0.25, -0.2) is 15.0 Å². The van der Waals surface area contributed by atoms with Gasteiger partial charge < -0.3 is 9.47 Å². The molecule has 1 spiro atoms. The van der Waals surface area contributed by atoms with Crippen molar-refractivity contribution in [3.8, 4) is 39.9 Å². The fourth-order valence-corrected chi connectivity index (χ4v) is 11.1. The molecule has 0 amide bonds. The number of anilines is 2. The third-order valence-corrected chi connectivity index (χ3v) is 13.4. The first kappa shape index (κ1) is 32.1. The summed E-state index contributed by atoms with van der Waals surface area (Å²) in [5.74, 6) is 1.95. The molecule has 0 fully saturated rings. The second kappa shape index (κ2) is 11.6. The molecule has 0 saturated carbocycles. The summed E-state index contributed by atoms with van der Waals surface area (Å²) in [6.07, 6.45) is 7.50. The van der Waals surface area contributed by atoms with Crippen molar-refractivity contribution < 1.29 is 0 Å². The molecule has 0 bridgehead atoms. The second-order valence-corrected chi connectivity index (χ2v) is 16.3. The first-order valence-electron chi connectivity index (χ1n) is 20.7. The highest BCUT2D eigenvalue weighted by molar-refractivity contribution is 6.21. The lowest BCUT2D eigenvalue weighted by Gasteiger charge is -2.47. The number of para-hydroxylation sites is 3. The second-order valence-electron chi connectivity index (χ2n) is 16.3. The van der Waals surface area contributed by atoms with E-state index < -0.39 is 5.41 Å². The lowest BCUT2D eigenvalue weighted by Crippen LogP contribution is -2.50. The molecule has 0 N–H and O–H groups in total. The van der Waals surface area contributed by atoms with Gasteiger partial charge in [0.15, 0.2) is 17.5 Å². The van der Waals surface area contributed by atoms with E-state index >= 15 is 0 Å². The monoisotopic (exact) mass is 763 g/mol. The maximum Gasteiger partial charge on any atom is 0.164 e. The van der Waals surface area contributed by atoms with Crippen LogP contribution in [0.2, 0.25) is 0 Å². The lowest BCUT2D eigenvalue weighted by atomic mass is 9.63. The van der Waals surface area contributed by atoms with Crippen LogP contribution in [0.15, 0.2) is 182 Å². The van der Waals surface area contributed by atoms with E-state index in [2.05, 4.69) is 167 Å². The molecular formula is C55H33N5. The number of hydrogen-bond acceptors (Lipinski definition) is 4. The van der Waals surface area contributed by atoms with Crippen LogP contribution in [-0.2, 0) is 5.41 Å². The number of aromatic nitrogens is 4. The average molecular weight is 764 g/mol. The van der Waals surface area contributed by atoms with E-state index in [4.69, 9.17) is 15.0 Å². The zero-order valence-corrected chi connectivity index (χ0v) is 32.3. The number of benzene rings is 8. The van der Waals surface area contributed by atoms with Crippen molar-refractivity contribution in [3.05, 3.63) is 210 Å². The Balaban J connectivity index is 1.14. The van der Waals surface area contributed by atoms with Gasteiger partial charge in [0.2, 0.25) is 0 Å². The Hall–Kier alpha value is -7.89. The Morgan fingerprint density at radius 3 is 1.82 bits per heavy atom. The van der Waals surface area contributed by atoms with Crippen LogP contribution in [0.3, 0.4) is 0 Å². The number of nitrogens with zero attached hydrogens (tertiary/aromatic N) is 5. The highest BCUT2D eigenvalue weighted by Gasteiger charge is 2.59. The van der Waals surface area contributed by atoms with Crippen LogP contribution in [0.1, 0.15) is 27.9 Å². The number of hydrogen-bond donors (Lipinski definition) is 0. The van der Waals surface area contributed by atoms with Gasteiger partial charge in [-0.05, 0) is 75.3 Å². The molecule has 2 atom stereocenters. The standard InChI is InChI=1S/C55H33N5/c1-4-16-33(17-5-1)52-56-53(34-18-6-2-7-19-34)58-54(57-52)35-30-42-38-23-11-10-22-37(38)41-28-29-55-49(41)48(42)47(31-35)60-46-27-15-13-25-40(46)44(51(55)60)32-43-39-24-12-14-26-45(39)59(50(43)55)36-20-8-3-9-21-36/h1-32,50H. The molecular weight excluding hydrogens is 731 g/mol. The smallest absolute Gasteiger partial charge is 0.164 e. The van der Waals surface area contributed by atoms with Gasteiger partial charge in [-0.2, -0.15) is 0 Å². The fourth-order valence-electron chi connectivity index (χ4n) is 11.1. The van der Waals surface area contributed by atoms with E-state index in [1.54, 1.807) is 0 Å². The minimum absolute atomic E-state index is 0.0204. The van der Waals surface area contributed by atoms with Crippen LogP contribution in [0.5, 0.6) is 0 Å². The van der Waals surface area contributed by atoms with Crippen LogP contribution in [0.4, 0.5) is 11.4 Å². The Morgan fingerprint density at radius 2 is 1.08 bits per heavy atom. The van der Waals surface area contributed by atoms with Crippen molar-refractivity contribution in [2.24, 2.45) is 0 Å². The summed E-state index contributed by atoms with van der Waals surface area (Å²) in [7, 11) is 0. The lowest BCUT2D eigenvalue weighted by molar-refractivity contribution is 0.552. The molecule has 278 valence electrons. The molecule has 5 heteroatoms. The molecule has 4 heterocycles. The van der Waals surface area contributed by atoms with Crippen molar-refractivity contribution >= 4 is 61.5 Å². The van der Waals surface area contributed by atoms with Gasteiger partial charge in [0.25, 0.3) is 0 Å². The molecule has 14 rings (SSSR count). The molecule has 2 aliphatic heterocycles. The van der Waals surface area contributed by atoms with Crippen LogP contribution >= 0.6 is 0 Å². The van der Waals surface area contributed by atoms with Gasteiger partial charge in [0, 0.05) is 55.7 Å². The zero-order valence-electron chi connectivity index (χ0n) is 32.3. The topological polar surface area (TPSA) is 46.8 Å². The minimum Gasteiger partial charge on any atom is -0.332 e. The molecule has 0 saturated heterocycles. The SMILES string of the molecule is C1=CC23c4c1c1ccccc1c1cc(-c5nc(-c6ccccc6)nc(-c6ccccc6)n5)cc(c41)-n1c2c(c2ccccc21)C=C1c2ccccc2N(c2ccccc2)C13. The maximum absolute atomic E-state index is 5.26. The van der Waals surface area contributed by atoms with Gasteiger partial charge in [0.1, 0.15) is 0 Å². The fraction of sp³-hybridized carbons (Fsp3) is 0.0364. The molecule has 5 nitrogen and oxygen atoms in total. The highest BCUT2D eigenvalue weighted by atomic mass is 15.2. The van der Waals surface area contributed by atoms with Crippen molar-refractivity contribution in [3.63, 3.8) is 0 Å². The van der Waals surface area contributed by atoms with Crippen LogP contribution in [0.25, 0.3) is 90.0 Å². The average Bonchev–Trinajstić information content (AvgIpc) is 4.00. The summed E-state index contributed by atoms with van der Waals surface area (Å²) in [6, 6.07) is 63.1. The van der Waals surface area contributed by atoms with E-state index in [9.17, 15) is 0 Å². The number of fused-ring (bicyclic) bond motifs is 10. The summed E-state index contributed by atoms with van der Waals surface area (Å²) >= 11 is 0. The van der Waals surface area contributed by atoms with E-state index in [-0.39, 0.29) is 6.04 Å². The van der Waals surface area contributed by atoms with E-state index in [0.717, 1.165) is 22.4 Å². The summed E-state index contributed by atoms with van der Waals surface area (Å²) in [4.78, 5) is 18.2. The van der Waals surface area contributed by atoms with Crippen LogP contribution in [0, 0.1) is 0 Å². The van der Waals surface area contributed by atoms with Gasteiger partial charge in [-0.3, -0.25) is 0 Å². The van der Waals surface area contributed by atoms with Crippen molar-refractivity contribution in [1.29, 1.82) is 0 Å². The normalized spacial score (nSPS) is 17.6. The van der Waals surface area contributed by atoms with Crippen molar-refractivity contribution in [2.75, 3.05) is 4.90 Å². The van der Waals surface area contributed by atoms with Gasteiger partial charge in [-0.15, -0.1) is 0 Å². The molecule has 2 aliphatic carbocycles. The van der Waals surface area contributed by atoms with Gasteiger partial charge >= 0.3 is 0 Å². The van der Waals surface area contributed by atoms with E-state index in [1.165, 1.54) is 77.3 Å². The number of rotatable bonds is 4. The van der Waals surface area contributed by atoms with Gasteiger partial charge in [0.05, 0.1) is 22.7 Å². The zero-order chi connectivity index (χ0) is 39.1. The Labute approximate surface area is 345 Å². The van der Waals surface area contributed by atoms with Crippen molar-refractivity contribution in [1.82, 2.24) is 19.5 Å². The van der Waals surface area contributed by atoms with E-state index in [1.807, 2.05) is 36.4 Å². The Kier molecular flexibility index (Phi) is 6.22. The molecule has 10 aromatic rings. The first-order chi connectivity index (χ1) is 29.8. The quantitative estimate of drug-likeness (QED) is 0.168. The third-order valence-electron chi connectivity index (χ3n) is 13.4. The Morgan fingerprint density at radius 1 is 0.483 bits per heavy atom. The third kappa shape index (κ3) is 4.03. The van der Waals surface area contributed by atoms with Crippen LogP contribution in [-0.4, -0.2) is 25.6 Å². The summed E-state index contributed by atoms with van der Waals surface area (Å²) in [6.45, 7) is 0. The predicted molar refractivity (Wildman–Crippen MR) is 244 cm³/mol. The van der Waals surface area contributed by atoms with Gasteiger partial charge in [-0.1, -0.05) is 152 Å². The summed E-state index contributed by atoms with van der Waals surface area (Å²) in [5, 5.41) is 6.21. The summed E-state index contributed by atoms with van der Waals surface area (Å²) < 4.78 is 2.59. The van der Waals surface area contributed by atoms with E-state index in [0.29, 0.717) is 17.5 Å².